The highest BCUT2D eigenvalue weighted by atomic mass is 35.5. The first kappa shape index (κ1) is 24.0. The number of aromatic nitrogens is 1. The highest BCUT2D eigenvalue weighted by molar-refractivity contribution is 7.99. The van der Waals surface area contributed by atoms with Gasteiger partial charge >= 0.3 is 0 Å². The van der Waals surface area contributed by atoms with E-state index in [1.807, 2.05) is 56.6 Å². The molecule has 2 aromatic carbocycles. The van der Waals surface area contributed by atoms with Gasteiger partial charge in [-0.2, -0.15) is 0 Å². The molecule has 4 nitrogen and oxygen atoms in total. The predicted molar refractivity (Wildman–Crippen MR) is 130 cm³/mol. The van der Waals surface area contributed by atoms with E-state index >= 15 is 0 Å². The molecule has 0 N–H and O–H groups in total. The first-order valence-electron chi connectivity index (χ1n) is 9.23. The van der Waals surface area contributed by atoms with E-state index in [1.165, 1.54) is 11.3 Å². The van der Waals surface area contributed by atoms with Gasteiger partial charge in [0, 0.05) is 22.0 Å². The van der Waals surface area contributed by atoms with Crippen LogP contribution in [-0.4, -0.2) is 48.7 Å². The standard InChI is InChI=1S/C21H24ClN3OS2.ClH/c1-4-27-17-8-5-7-15(13-17)20(26)25(12-6-11-24(2)3)21-23-18-10-9-16(22)14-19(18)28-21;/h5,7-10,13-14H,4,6,11-12H2,1-3H3;1H. The number of thiazole rings is 1. The predicted octanol–water partition coefficient (Wildman–Crippen LogP) is 6.08. The van der Waals surface area contributed by atoms with Gasteiger partial charge in [-0.3, -0.25) is 9.69 Å². The summed E-state index contributed by atoms with van der Waals surface area (Å²) in [5, 5.41) is 1.40. The molecule has 0 radical (unpaired) electrons. The summed E-state index contributed by atoms with van der Waals surface area (Å²) >= 11 is 9.37. The Labute approximate surface area is 191 Å². The van der Waals surface area contributed by atoms with Crippen LogP contribution >= 0.6 is 47.1 Å². The Morgan fingerprint density at radius 2 is 1.97 bits per heavy atom. The minimum Gasteiger partial charge on any atom is -0.309 e. The molecule has 8 heteroatoms. The third kappa shape index (κ3) is 6.33. The molecular formula is C21H25Cl2N3OS2. The number of rotatable bonds is 8. The summed E-state index contributed by atoms with van der Waals surface area (Å²) < 4.78 is 0.989. The molecule has 0 aliphatic carbocycles. The van der Waals surface area contributed by atoms with Gasteiger partial charge < -0.3 is 4.90 Å². The summed E-state index contributed by atoms with van der Waals surface area (Å²) in [5.74, 6) is 0.963. The van der Waals surface area contributed by atoms with Gasteiger partial charge in [-0.1, -0.05) is 35.9 Å². The Morgan fingerprint density at radius 3 is 2.69 bits per heavy atom. The van der Waals surface area contributed by atoms with Crippen molar-refractivity contribution < 1.29 is 4.79 Å². The first-order valence-corrected chi connectivity index (χ1v) is 11.4. The van der Waals surface area contributed by atoms with Crippen molar-refractivity contribution in [3.8, 4) is 0 Å². The van der Waals surface area contributed by atoms with E-state index in [0.717, 1.165) is 39.0 Å². The number of amides is 1. The molecule has 0 spiro atoms. The van der Waals surface area contributed by atoms with Crippen LogP contribution in [0, 0.1) is 0 Å². The quantitative estimate of drug-likeness (QED) is 0.374. The third-order valence-electron chi connectivity index (χ3n) is 4.19. The van der Waals surface area contributed by atoms with Gasteiger partial charge in [-0.25, -0.2) is 4.98 Å². The largest absolute Gasteiger partial charge is 0.309 e. The van der Waals surface area contributed by atoms with E-state index in [-0.39, 0.29) is 18.3 Å². The van der Waals surface area contributed by atoms with E-state index in [4.69, 9.17) is 16.6 Å². The number of halogens is 2. The van der Waals surface area contributed by atoms with E-state index in [2.05, 4.69) is 11.8 Å². The van der Waals surface area contributed by atoms with Crippen molar-refractivity contribution in [2.24, 2.45) is 0 Å². The number of hydrogen-bond acceptors (Lipinski definition) is 5. The Kier molecular flexibility index (Phi) is 9.24. The van der Waals surface area contributed by atoms with E-state index in [0.29, 0.717) is 17.1 Å². The van der Waals surface area contributed by atoms with Crippen LogP contribution in [-0.2, 0) is 0 Å². The minimum atomic E-state index is -0.0116. The highest BCUT2D eigenvalue weighted by Crippen LogP contribution is 2.32. The number of nitrogens with zero attached hydrogens (tertiary/aromatic N) is 3. The molecule has 0 aliphatic rings. The van der Waals surface area contributed by atoms with Crippen LogP contribution in [0.4, 0.5) is 5.13 Å². The lowest BCUT2D eigenvalue weighted by atomic mass is 10.2. The maximum absolute atomic E-state index is 13.4. The molecule has 3 aromatic rings. The summed E-state index contributed by atoms with van der Waals surface area (Å²) in [6, 6.07) is 13.5. The Balaban J connectivity index is 0.00000300. The van der Waals surface area contributed by atoms with E-state index in [1.54, 1.807) is 16.7 Å². The Hall–Kier alpha value is -1.31. The van der Waals surface area contributed by atoms with Crippen molar-refractivity contribution in [1.29, 1.82) is 0 Å². The van der Waals surface area contributed by atoms with Crippen molar-refractivity contribution in [2.75, 3.05) is 37.8 Å². The van der Waals surface area contributed by atoms with Crippen LogP contribution in [0.3, 0.4) is 0 Å². The van der Waals surface area contributed by atoms with Gasteiger partial charge in [0.1, 0.15) is 0 Å². The normalized spacial score (nSPS) is 10.9. The lowest BCUT2D eigenvalue weighted by Crippen LogP contribution is -2.33. The molecule has 0 atom stereocenters. The molecule has 1 heterocycles. The fourth-order valence-corrected chi connectivity index (χ4v) is 4.86. The van der Waals surface area contributed by atoms with E-state index in [9.17, 15) is 4.79 Å². The summed E-state index contributed by atoms with van der Waals surface area (Å²) in [7, 11) is 4.08. The topological polar surface area (TPSA) is 36.4 Å². The second kappa shape index (κ2) is 11.2. The van der Waals surface area contributed by atoms with Crippen LogP contribution in [0.2, 0.25) is 5.02 Å². The number of benzene rings is 2. The highest BCUT2D eigenvalue weighted by Gasteiger charge is 2.21. The fraction of sp³-hybridized carbons (Fsp3) is 0.333. The third-order valence-corrected chi connectivity index (χ3v) is 6.35. The summed E-state index contributed by atoms with van der Waals surface area (Å²) in [5.41, 5.74) is 1.56. The molecule has 1 amide bonds. The SMILES string of the molecule is CCSc1cccc(C(=O)N(CCCN(C)C)c2nc3ccc(Cl)cc3s2)c1.Cl. The maximum atomic E-state index is 13.4. The molecule has 3 rings (SSSR count). The zero-order valence-electron chi connectivity index (χ0n) is 16.7. The van der Waals surface area contributed by atoms with Gasteiger partial charge in [0.15, 0.2) is 5.13 Å². The number of hydrogen-bond donors (Lipinski definition) is 0. The summed E-state index contributed by atoms with van der Waals surface area (Å²) in [6.07, 6.45) is 0.874. The van der Waals surface area contributed by atoms with Gasteiger partial charge in [0.25, 0.3) is 5.91 Å². The molecule has 0 aliphatic heterocycles. The first-order chi connectivity index (χ1) is 13.5. The minimum absolute atomic E-state index is 0. The van der Waals surface area contributed by atoms with Crippen LogP contribution in [0.1, 0.15) is 23.7 Å². The Morgan fingerprint density at radius 1 is 1.17 bits per heavy atom. The van der Waals surface area contributed by atoms with Gasteiger partial charge in [-0.15, -0.1) is 24.2 Å². The van der Waals surface area contributed by atoms with Crippen molar-refractivity contribution in [3.63, 3.8) is 0 Å². The van der Waals surface area contributed by atoms with Crippen LogP contribution in [0.15, 0.2) is 47.4 Å². The Bertz CT molecular complexity index is 962. The summed E-state index contributed by atoms with van der Waals surface area (Å²) in [6.45, 7) is 3.64. The lowest BCUT2D eigenvalue weighted by Gasteiger charge is -2.21. The fourth-order valence-electron chi connectivity index (χ4n) is 2.87. The van der Waals surface area contributed by atoms with Crippen molar-refractivity contribution in [3.05, 3.63) is 53.1 Å². The van der Waals surface area contributed by atoms with Crippen molar-refractivity contribution >= 4 is 68.4 Å². The molecular weight excluding hydrogens is 445 g/mol. The maximum Gasteiger partial charge on any atom is 0.260 e. The zero-order valence-corrected chi connectivity index (χ0v) is 19.9. The number of anilines is 1. The van der Waals surface area contributed by atoms with Gasteiger partial charge in [0.05, 0.1) is 10.2 Å². The van der Waals surface area contributed by atoms with Crippen molar-refractivity contribution in [1.82, 2.24) is 9.88 Å². The van der Waals surface area contributed by atoms with Crippen molar-refractivity contribution in [2.45, 2.75) is 18.2 Å². The molecule has 156 valence electrons. The molecule has 0 fully saturated rings. The van der Waals surface area contributed by atoms with E-state index < -0.39 is 0 Å². The van der Waals surface area contributed by atoms with Crippen LogP contribution in [0.25, 0.3) is 10.2 Å². The second-order valence-corrected chi connectivity index (χ2v) is 9.47. The molecule has 0 saturated carbocycles. The molecule has 1 aromatic heterocycles. The molecule has 29 heavy (non-hydrogen) atoms. The molecule has 0 unspecified atom stereocenters. The second-order valence-electron chi connectivity index (χ2n) is 6.68. The number of thioether (sulfide) groups is 1. The average molecular weight is 470 g/mol. The zero-order chi connectivity index (χ0) is 20.1. The summed E-state index contributed by atoms with van der Waals surface area (Å²) in [4.78, 5) is 23.1. The number of carbonyl (C=O) groups excluding carboxylic acids is 1. The number of carbonyl (C=O) groups is 1. The lowest BCUT2D eigenvalue weighted by molar-refractivity contribution is 0.0986. The average Bonchev–Trinajstić information content (AvgIpc) is 3.07. The van der Waals surface area contributed by atoms with Crippen LogP contribution < -0.4 is 4.90 Å². The molecule has 0 saturated heterocycles. The number of fused-ring (bicyclic) bond motifs is 1. The van der Waals surface area contributed by atoms with Gasteiger partial charge in [0.2, 0.25) is 0 Å². The smallest absolute Gasteiger partial charge is 0.260 e. The monoisotopic (exact) mass is 469 g/mol. The molecule has 0 bridgehead atoms. The van der Waals surface area contributed by atoms with Crippen LogP contribution in [0.5, 0.6) is 0 Å². The van der Waals surface area contributed by atoms with Gasteiger partial charge in [-0.05, 0) is 69.2 Å².